The molecule has 1 spiro atoms. The van der Waals surface area contributed by atoms with Crippen molar-refractivity contribution < 1.29 is 48.6 Å². The van der Waals surface area contributed by atoms with Gasteiger partial charge < -0.3 is 39.0 Å². The lowest BCUT2D eigenvalue weighted by atomic mass is 9.77. The van der Waals surface area contributed by atoms with Gasteiger partial charge in [-0.1, -0.05) is 0 Å². The molecule has 5 rings (SSSR count). The summed E-state index contributed by atoms with van der Waals surface area (Å²) < 4.78 is 28.8. The van der Waals surface area contributed by atoms with Gasteiger partial charge in [0.2, 0.25) is 6.79 Å². The van der Waals surface area contributed by atoms with Gasteiger partial charge in [-0.25, -0.2) is 4.79 Å². The Bertz CT molecular complexity index is 1240. The highest BCUT2D eigenvalue weighted by Crippen LogP contribution is 2.55. The molecule has 0 radical (unpaired) electrons. The third-order valence-corrected chi connectivity index (χ3v) is 9.46. The van der Waals surface area contributed by atoms with E-state index in [1.54, 1.807) is 21.0 Å². The molecule has 0 saturated carbocycles. The van der Waals surface area contributed by atoms with E-state index in [0.717, 1.165) is 43.5 Å². The normalized spacial score (nSPS) is 25.3. The number of hydrogen-bond donors (Lipinski definition) is 3. The van der Waals surface area contributed by atoms with E-state index in [2.05, 4.69) is 11.0 Å². The lowest BCUT2D eigenvalue weighted by Crippen LogP contribution is -2.49. The molecule has 2 unspecified atom stereocenters. The van der Waals surface area contributed by atoms with Crippen molar-refractivity contribution in [3.63, 3.8) is 0 Å². The molecule has 0 amide bonds. The number of aliphatic hydroxyl groups excluding tert-OH is 1. The predicted molar refractivity (Wildman–Crippen MR) is 159 cm³/mol. The molecule has 4 aliphatic rings. The summed E-state index contributed by atoms with van der Waals surface area (Å²) in [4.78, 5) is 29.3. The molecule has 44 heavy (non-hydrogen) atoms. The Morgan fingerprint density at radius 2 is 1.84 bits per heavy atom. The van der Waals surface area contributed by atoms with Crippen LogP contribution in [0.5, 0.6) is 11.5 Å². The van der Waals surface area contributed by atoms with Gasteiger partial charge in [-0.15, -0.1) is 0 Å². The zero-order valence-electron chi connectivity index (χ0n) is 26.1. The summed E-state index contributed by atoms with van der Waals surface area (Å²) in [7, 11) is 1.55. The van der Waals surface area contributed by atoms with Crippen molar-refractivity contribution in [3.05, 3.63) is 35.1 Å². The summed E-state index contributed by atoms with van der Waals surface area (Å²) in [6, 6.07) is 4.00. The quantitative estimate of drug-likeness (QED) is 0.209. The van der Waals surface area contributed by atoms with E-state index < -0.39 is 41.2 Å². The zero-order valence-corrected chi connectivity index (χ0v) is 26.1. The fourth-order valence-corrected chi connectivity index (χ4v) is 7.26. The first-order valence-electron chi connectivity index (χ1n) is 15.9. The summed E-state index contributed by atoms with van der Waals surface area (Å²) in [5.41, 5.74) is -1.54. The fourth-order valence-electron chi connectivity index (χ4n) is 7.26. The van der Waals surface area contributed by atoms with Crippen LogP contribution in [0.1, 0.15) is 88.7 Å². The number of unbranched alkanes of at least 4 members (excludes halogenated alkanes) is 2. The van der Waals surface area contributed by atoms with E-state index in [9.17, 15) is 19.8 Å². The van der Waals surface area contributed by atoms with E-state index in [1.165, 1.54) is 0 Å². The molecule has 3 aliphatic heterocycles. The second-order valence-electron chi connectivity index (χ2n) is 13.2. The molecule has 4 atom stereocenters. The molecular formula is C33H47NO10. The smallest absolute Gasteiger partial charge is 0.339 e. The monoisotopic (exact) mass is 617 g/mol. The van der Waals surface area contributed by atoms with Crippen LogP contribution in [0, 0.1) is 0 Å². The topological polar surface area (TPSA) is 144 Å². The summed E-state index contributed by atoms with van der Waals surface area (Å²) in [6.07, 6.45) is 5.65. The molecule has 11 heteroatoms. The first-order chi connectivity index (χ1) is 21.0. The van der Waals surface area contributed by atoms with Crippen molar-refractivity contribution in [2.24, 2.45) is 0 Å². The highest BCUT2D eigenvalue weighted by Gasteiger charge is 2.59. The maximum atomic E-state index is 14.0. The lowest BCUT2D eigenvalue weighted by Gasteiger charge is -2.39. The first-order valence-corrected chi connectivity index (χ1v) is 15.9. The number of aliphatic hydroxyl groups is 3. The minimum atomic E-state index is -2.17. The molecule has 11 nitrogen and oxygen atoms in total. The molecule has 0 bridgehead atoms. The zero-order chi connectivity index (χ0) is 31.5. The van der Waals surface area contributed by atoms with Crippen molar-refractivity contribution >= 4 is 11.9 Å². The minimum Gasteiger partial charge on any atom is -0.497 e. The van der Waals surface area contributed by atoms with Gasteiger partial charge >= 0.3 is 11.9 Å². The number of rotatable bonds is 14. The highest BCUT2D eigenvalue weighted by molar-refractivity contribution is 5.86. The van der Waals surface area contributed by atoms with Gasteiger partial charge in [0, 0.05) is 13.2 Å². The van der Waals surface area contributed by atoms with Gasteiger partial charge in [0.1, 0.15) is 5.76 Å². The van der Waals surface area contributed by atoms with E-state index in [4.69, 9.17) is 28.8 Å². The number of hydrogen-bond acceptors (Lipinski definition) is 11. The Morgan fingerprint density at radius 3 is 2.57 bits per heavy atom. The summed E-state index contributed by atoms with van der Waals surface area (Å²) in [5.74, 6) is -0.113. The van der Waals surface area contributed by atoms with Crippen LogP contribution >= 0.6 is 0 Å². The number of carbonyl (C=O) groups is 2. The molecule has 1 aliphatic carbocycles. The van der Waals surface area contributed by atoms with Gasteiger partial charge in [0.15, 0.2) is 23.2 Å². The van der Waals surface area contributed by atoms with Gasteiger partial charge in [-0.3, -0.25) is 9.69 Å². The molecule has 1 fully saturated rings. The van der Waals surface area contributed by atoms with Crippen molar-refractivity contribution in [2.45, 2.75) is 107 Å². The summed E-state index contributed by atoms with van der Waals surface area (Å²) >= 11 is 0. The van der Waals surface area contributed by atoms with Gasteiger partial charge in [-0.2, -0.15) is 0 Å². The molecular weight excluding hydrogens is 570 g/mol. The molecule has 3 heterocycles. The molecule has 0 aromatic heterocycles. The third kappa shape index (κ3) is 6.71. The third-order valence-electron chi connectivity index (χ3n) is 9.46. The van der Waals surface area contributed by atoms with E-state index in [-0.39, 0.29) is 38.8 Å². The van der Waals surface area contributed by atoms with Crippen LogP contribution in [0.4, 0.5) is 0 Å². The second-order valence-corrected chi connectivity index (χ2v) is 13.2. The molecule has 3 N–H and O–H groups in total. The average Bonchev–Trinajstić information content (AvgIpc) is 3.65. The number of benzene rings is 1. The van der Waals surface area contributed by atoms with Crippen LogP contribution < -0.4 is 9.47 Å². The van der Waals surface area contributed by atoms with Gasteiger partial charge in [0.05, 0.1) is 37.2 Å². The Morgan fingerprint density at radius 1 is 1.07 bits per heavy atom. The van der Waals surface area contributed by atoms with Crippen molar-refractivity contribution in [2.75, 3.05) is 40.2 Å². The van der Waals surface area contributed by atoms with Crippen molar-refractivity contribution in [1.29, 1.82) is 0 Å². The Labute approximate surface area is 259 Å². The van der Waals surface area contributed by atoms with Crippen molar-refractivity contribution in [3.8, 4) is 11.5 Å². The van der Waals surface area contributed by atoms with Crippen LogP contribution in [0.25, 0.3) is 0 Å². The number of fused-ring (bicyclic) bond motifs is 3. The van der Waals surface area contributed by atoms with E-state index in [0.29, 0.717) is 42.9 Å². The molecule has 244 valence electrons. The molecule has 1 saturated heterocycles. The van der Waals surface area contributed by atoms with Gasteiger partial charge in [0.25, 0.3) is 0 Å². The largest absolute Gasteiger partial charge is 0.497 e. The number of ether oxygens (including phenoxy) is 5. The number of carbonyl (C=O) groups excluding carboxylic acids is 2. The lowest BCUT2D eigenvalue weighted by molar-refractivity contribution is -0.179. The Hall–Kier alpha value is -2.86. The predicted octanol–water partition coefficient (Wildman–Crippen LogP) is 3.11. The van der Waals surface area contributed by atoms with Crippen LogP contribution in [-0.4, -0.2) is 95.2 Å². The first kappa shape index (κ1) is 32.5. The summed E-state index contributed by atoms with van der Waals surface area (Å²) in [6.45, 7) is 5.36. The van der Waals surface area contributed by atoms with Crippen LogP contribution in [0.15, 0.2) is 24.0 Å². The SMILES string of the molecule is COC1=C[C@]23CCCN2CCc2cc4c(cc2[C@@H]3C1OC(=O)C(O)(CCCC(C)(C)O)CC(=O)OCCCCCO)OCO4. The van der Waals surface area contributed by atoms with Gasteiger partial charge in [-0.05, 0) is 108 Å². The second kappa shape index (κ2) is 13.2. The maximum Gasteiger partial charge on any atom is 0.339 e. The number of methoxy groups -OCH3 is 1. The number of esters is 2. The van der Waals surface area contributed by atoms with Crippen LogP contribution in [-0.2, 0) is 30.2 Å². The minimum absolute atomic E-state index is 0.0631. The summed E-state index contributed by atoms with van der Waals surface area (Å²) in [5, 5.41) is 31.0. The van der Waals surface area contributed by atoms with Crippen LogP contribution in [0.3, 0.4) is 0 Å². The Balaban J connectivity index is 1.42. The fraction of sp³-hybridized carbons (Fsp3) is 0.697. The molecule has 1 aromatic carbocycles. The van der Waals surface area contributed by atoms with Crippen LogP contribution in [0.2, 0.25) is 0 Å². The van der Waals surface area contributed by atoms with E-state index >= 15 is 0 Å². The maximum absolute atomic E-state index is 14.0. The molecule has 1 aromatic rings. The Kier molecular flexibility index (Phi) is 9.79. The standard InChI is InChI=1S/C33H47NO10/c1-31(2,38)10-7-12-33(39,20-27(36)41-16-6-4-5-15-35)30(37)44-29-26(40-3)19-32-11-8-13-34(32)14-9-22-17-24-25(43-21-42-24)18-23(22)28(29)32/h17-19,28-29,35,38-39H,4-16,20-21H2,1-3H3/t28-,29?,32+,33?/m1/s1. The average molecular weight is 618 g/mol. The highest BCUT2D eigenvalue weighted by atomic mass is 16.7. The van der Waals surface area contributed by atoms with Crippen molar-refractivity contribution in [1.82, 2.24) is 4.90 Å². The van der Waals surface area contributed by atoms with E-state index in [1.807, 2.05) is 12.1 Å². The number of nitrogens with zero attached hydrogens (tertiary/aromatic N) is 1.